The third-order valence-corrected chi connectivity index (χ3v) is 10.8. The van der Waals surface area contributed by atoms with Crippen LogP contribution in [0.3, 0.4) is 0 Å². The number of nitrogens with zero attached hydrogens (tertiary/aromatic N) is 4. The summed E-state index contributed by atoms with van der Waals surface area (Å²) in [6.07, 6.45) is 17.0. The number of phosphoric ester groups is 1. The first-order chi connectivity index (χ1) is 27.5. The number of rotatable bonds is 28. The van der Waals surface area contributed by atoms with Crippen molar-refractivity contribution < 1.29 is 47.3 Å². The number of nitrogen functional groups attached to an aromatic ring is 1. The number of aromatic nitrogens is 3. The number of benzene rings is 1. The minimum atomic E-state index is -4.79. The summed E-state index contributed by atoms with van der Waals surface area (Å²) in [4.78, 5) is 14.5. The topological polar surface area (TPSA) is 230 Å². The van der Waals surface area contributed by atoms with Gasteiger partial charge in [0.25, 0.3) is 0 Å². The molecule has 0 saturated carbocycles. The zero-order valence-electron chi connectivity index (χ0n) is 32.9. The molecule has 1 aromatic carbocycles. The smallest absolute Gasteiger partial charge is 0.387 e. The van der Waals surface area contributed by atoms with Crippen molar-refractivity contribution in [3.63, 3.8) is 0 Å². The highest BCUT2D eigenvalue weighted by atomic mass is 31.2. The molecule has 1 unspecified atom stereocenters. The van der Waals surface area contributed by atoms with Crippen molar-refractivity contribution in [2.45, 2.75) is 134 Å². The zero-order chi connectivity index (χ0) is 41.1. The number of nitriles is 1. The zero-order valence-corrected chi connectivity index (χ0v) is 33.8. The minimum Gasteiger partial charge on any atom is -0.387 e. The Bertz CT molecular complexity index is 1780. The van der Waals surface area contributed by atoms with Crippen LogP contribution in [-0.4, -0.2) is 80.5 Å². The first-order valence-electron chi connectivity index (χ1n) is 20.0. The number of phosphoric acid groups is 1. The van der Waals surface area contributed by atoms with Crippen molar-refractivity contribution in [2.75, 3.05) is 32.2 Å². The minimum absolute atomic E-state index is 0.00280. The number of hydrogen-bond donors (Lipinski definition) is 5. The van der Waals surface area contributed by atoms with Gasteiger partial charge < -0.3 is 35.1 Å². The summed E-state index contributed by atoms with van der Waals surface area (Å²) in [5.74, 6) is -0.449. The average Bonchev–Trinajstić information content (AvgIpc) is 3.73. The highest BCUT2D eigenvalue weighted by Crippen LogP contribution is 2.45. The molecule has 0 radical (unpaired) electrons. The number of nitrogens with two attached hydrogens (primary N) is 2. The summed E-state index contributed by atoms with van der Waals surface area (Å²) in [5.41, 5.74) is 11.4. The molecule has 1 aliphatic heterocycles. The summed E-state index contributed by atoms with van der Waals surface area (Å²) in [7, 11) is -4.79. The highest BCUT2D eigenvalue weighted by Gasteiger charge is 2.55. The number of anilines is 1. The molecule has 3 heterocycles. The Morgan fingerprint density at radius 2 is 1.70 bits per heavy atom. The van der Waals surface area contributed by atoms with Crippen LogP contribution in [-0.2, 0) is 40.2 Å². The Labute approximate surface area is 334 Å². The molecule has 1 saturated heterocycles. The molecule has 0 amide bonds. The molecule has 0 bridgehead atoms. The standard InChI is InChI=1S/C40H60FN6O9P/c1-2-3-4-5-6-7-8-9-10-11-12-13-14-15-16-17-20-52-26-33(53-25-31-21-30(24-42)22-32(41)23-31)27-54-57(50,51)55-28-35-37(48)38(49)40(44,56-35)36-19-18-34-39(43)45-29-46-47(34)36/h9-10,18-19,21-23,29,33,35,37-38,48-49H,2-8,11-17,20,25-28,44H2,1H3,(H,50,51)(H2,43,45,46)/b10-9-/t33-,35-,37-,38-,40+/m1/s1. The highest BCUT2D eigenvalue weighted by molar-refractivity contribution is 7.47. The maximum atomic E-state index is 14.0. The molecule has 17 heteroatoms. The van der Waals surface area contributed by atoms with E-state index >= 15 is 0 Å². The molecule has 1 aliphatic rings. The lowest BCUT2D eigenvalue weighted by Gasteiger charge is -2.27. The number of ether oxygens (including phenoxy) is 3. The number of halogens is 1. The van der Waals surface area contributed by atoms with Crippen LogP contribution in [0.4, 0.5) is 10.2 Å². The molecular formula is C40H60FN6O9P. The molecule has 3 aromatic rings. The van der Waals surface area contributed by atoms with Crippen LogP contribution in [0.25, 0.3) is 5.52 Å². The summed E-state index contributed by atoms with van der Waals surface area (Å²) < 4.78 is 56.2. The van der Waals surface area contributed by atoms with Gasteiger partial charge in [-0.15, -0.1) is 0 Å². The van der Waals surface area contributed by atoms with Gasteiger partial charge in [0.1, 0.15) is 42.1 Å². The number of unbranched alkanes of at least 4 members (excludes halogenated alkanes) is 12. The van der Waals surface area contributed by atoms with Crippen molar-refractivity contribution in [2.24, 2.45) is 5.73 Å². The number of fused-ring (bicyclic) bond motifs is 1. The maximum absolute atomic E-state index is 14.0. The summed E-state index contributed by atoms with van der Waals surface area (Å²) in [5, 5.41) is 34.9. The monoisotopic (exact) mass is 818 g/mol. The van der Waals surface area contributed by atoms with Gasteiger partial charge in [-0.3, -0.25) is 14.8 Å². The van der Waals surface area contributed by atoms with Crippen LogP contribution in [0.15, 0.2) is 48.8 Å². The van der Waals surface area contributed by atoms with Crippen molar-refractivity contribution in [3.05, 3.63) is 71.4 Å². The second kappa shape index (κ2) is 23.9. The molecule has 6 atom stereocenters. The first kappa shape index (κ1) is 46.4. The fraction of sp³-hybridized carbons (Fsp3) is 0.625. The third kappa shape index (κ3) is 14.8. The van der Waals surface area contributed by atoms with Gasteiger partial charge in [-0.05, 0) is 68.0 Å². The Balaban J connectivity index is 1.19. The number of aliphatic hydroxyl groups is 2. The molecule has 1 fully saturated rings. The van der Waals surface area contributed by atoms with Crippen molar-refractivity contribution in [1.29, 1.82) is 5.26 Å². The maximum Gasteiger partial charge on any atom is 0.472 e. The predicted molar refractivity (Wildman–Crippen MR) is 212 cm³/mol. The molecule has 15 nitrogen and oxygen atoms in total. The lowest BCUT2D eigenvalue weighted by molar-refractivity contribution is -0.0982. The fourth-order valence-electron chi connectivity index (χ4n) is 6.65. The number of allylic oxidation sites excluding steroid dienone is 2. The van der Waals surface area contributed by atoms with E-state index in [0.29, 0.717) is 17.7 Å². The molecule has 7 N–H and O–H groups in total. The second-order valence-electron chi connectivity index (χ2n) is 14.5. The SMILES string of the molecule is CCCCCCCC/C=C\CCCCCCCCOC[C@H](COP(=O)(O)OC[C@H]1O[C@@](N)(c2ccc3c(N)ncnn23)[C@H](O)[C@@H]1O)OCc1cc(F)cc(C#N)c1. The van der Waals surface area contributed by atoms with Gasteiger partial charge in [0.15, 0.2) is 11.5 Å². The van der Waals surface area contributed by atoms with Crippen molar-refractivity contribution in [1.82, 2.24) is 14.6 Å². The second-order valence-corrected chi connectivity index (χ2v) is 16.0. The Morgan fingerprint density at radius 3 is 2.40 bits per heavy atom. The van der Waals surface area contributed by atoms with E-state index in [4.69, 9.17) is 34.7 Å². The van der Waals surface area contributed by atoms with Crippen LogP contribution in [0.2, 0.25) is 0 Å². The van der Waals surface area contributed by atoms with Gasteiger partial charge in [0, 0.05) is 6.61 Å². The quantitative estimate of drug-likeness (QED) is 0.0307. The van der Waals surface area contributed by atoms with Crippen molar-refractivity contribution >= 4 is 19.2 Å². The van der Waals surface area contributed by atoms with Gasteiger partial charge in [-0.25, -0.2) is 18.5 Å². The van der Waals surface area contributed by atoms with Crippen LogP contribution >= 0.6 is 7.82 Å². The number of aliphatic hydroxyl groups excluding tert-OH is 2. The summed E-state index contributed by atoms with van der Waals surface area (Å²) in [6, 6.07) is 8.78. The average molecular weight is 819 g/mol. The van der Waals surface area contributed by atoms with Crippen LogP contribution < -0.4 is 11.5 Å². The first-order valence-corrected chi connectivity index (χ1v) is 21.5. The van der Waals surface area contributed by atoms with E-state index in [1.54, 1.807) is 6.07 Å². The molecule has 57 heavy (non-hydrogen) atoms. The lowest BCUT2D eigenvalue weighted by Crippen LogP contribution is -2.49. The van der Waals surface area contributed by atoms with Gasteiger partial charge in [-0.1, -0.05) is 76.9 Å². The van der Waals surface area contributed by atoms with Crippen molar-refractivity contribution in [3.8, 4) is 6.07 Å². The van der Waals surface area contributed by atoms with E-state index in [9.17, 15) is 29.3 Å². The molecule has 0 aliphatic carbocycles. The summed E-state index contributed by atoms with van der Waals surface area (Å²) >= 11 is 0. The van der Waals surface area contributed by atoms with E-state index < -0.39 is 57.0 Å². The van der Waals surface area contributed by atoms with Gasteiger partial charge in [-0.2, -0.15) is 10.4 Å². The van der Waals surface area contributed by atoms with E-state index in [1.807, 2.05) is 6.07 Å². The van der Waals surface area contributed by atoms with Crippen LogP contribution in [0.1, 0.15) is 114 Å². The molecule has 0 spiro atoms. The largest absolute Gasteiger partial charge is 0.472 e. The predicted octanol–water partition coefficient (Wildman–Crippen LogP) is 6.33. The van der Waals surface area contributed by atoms with E-state index in [1.165, 1.54) is 86.8 Å². The molecule has 316 valence electrons. The normalized spacial score (nSPS) is 21.3. The van der Waals surface area contributed by atoms with E-state index in [0.717, 1.165) is 38.2 Å². The number of hydrogen-bond acceptors (Lipinski definition) is 13. The Kier molecular flexibility index (Phi) is 19.5. The van der Waals surface area contributed by atoms with Gasteiger partial charge >= 0.3 is 7.82 Å². The molecular weight excluding hydrogens is 758 g/mol. The lowest BCUT2D eigenvalue weighted by atomic mass is 10.0. The summed E-state index contributed by atoms with van der Waals surface area (Å²) in [6.45, 7) is 1.42. The van der Waals surface area contributed by atoms with Crippen LogP contribution in [0, 0.1) is 17.1 Å². The van der Waals surface area contributed by atoms with Crippen LogP contribution in [0.5, 0.6) is 0 Å². The van der Waals surface area contributed by atoms with Gasteiger partial charge in [0.05, 0.1) is 43.8 Å². The molecule has 4 rings (SSSR count). The molecule has 2 aromatic heterocycles. The third-order valence-electron chi connectivity index (χ3n) is 9.87. The van der Waals surface area contributed by atoms with E-state index in [-0.39, 0.29) is 30.3 Å². The Hall–Kier alpha value is -3.33. The fourth-order valence-corrected chi connectivity index (χ4v) is 7.41. The van der Waals surface area contributed by atoms with E-state index in [2.05, 4.69) is 29.2 Å². The Morgan fingerprint density at radius 1 is 1.02 bits per heavy atom. The van der Waals surface area contributed by atoms with Gasteiger partial charge in [0.2, 0.25) is 0 Å².